The molecule has 4 N–H and O–H groups in total. The van der Waals surface area contributed by atoms with Gasteiger partial charge < -0.3 is 21.3 Å². The lowest BCUT2D eigenvalue weighted by Gasteiger charge is -2.26. The first-order chi connectivity index (χ1) is 13.9. The first-order valence-corrected chi connectivity index (χ1v) is 10.1. The van der Waals surface area contributed by atoms with Gasteiger partial charge >= 0.3 is 6.03 Å². The molecular weight excluding hydrogens is 364 g/mol. The summed E-state index contributed by atoms with van der Waals surface area (Å²) in [5, 5.41) is 6.18. The van der Waals surface area contributed by atoms with Gasteiger partial charge in [0.2, 0.25) is 5.91 Å². The highest BCUT2D eigenvalue weighted by molar-refractivity contribution is 5.92. The zero-order valence-corrected chi connectivity index (χ0v) is 17.1. The van der Waals surface area contributed by atoms with Gasteiger partial charge in [-0.15, -0.1) is 0 Å². The quantitative estimate of drug-likeness (QED) is 0.611. The zero-order chi connectivity index (χ0) is 20.8. The molecule has 2 atom stereocenters. The summed E-state index contributed by atoms with van der Waals surface area (Å²) >= 11 is 0. The molecule has 3 rings (SSSR count). The number of hydrogen-bond donors (Lipinski definition) is 3. The Morgan fingerprint density at radius 3 is 2.28 bits per heavy atom. The fourth-order valence-corrected chi connectivity index (χ4v) is 3.48. The molecule has 0 bridgehead atoms. The van der Waals surface area contributed by atoms with E-state index in [2.05, 4.69) is 27.7 Å². The second-order valence-electron chi connectivity index (χ2n) is 7.96. The lowest BCUT2D eigenvalue weighted by Crippen LogP contribution is -2.46. The van der Waals surface area contributed by atoms with Crippen LogP contribution in [0.1, 0.15) is 40.4 Å². The summed E-state index contributed by atoms with van der Waals surface area (Å²) < 4.78 is 0. The first-order valence-electron chi connectivity index (χ1n) is 10.1. The van der Waals surface area contributed by atoms with E-state index in [1.807, 2.05) is 44.4 Å². The number of benzene rings is 2. The number of hydrogen-bond acceptors (Lipinski definition) is 3. The van der Waals surface area contributed by atoms with E-state index in [0.717, 1.165) is 30.4 Å². The van der Waals surface area contributed by atoms with Crippen LogP contribution in [0.2, 0.25) is 0 Å². The Balaban J connectivity index is 1.55. The van der Waals surface area contributed by atoms with Crippen molar-refractivity contribution in [3.63, 3.8) is 0 Å². The third-order valence-corrected chi connectivity index (χ3v) is 5.48. The molecule has 1 saturated carbocycles. The highest BCUT2D eigenvalue weighted by Gasteiger charge is 2.33. The largest absolute Gasteiger partial charge is 0.366 e. The number of carbonyl (C=O) groups is 2. The minimum absolute atomic E-state index is 0.0651. The van der Waals surface area contributed by atoms with Crippen LogP contribution in [0.3, 0.4) is 0 Å². The molecule has 0 saturated heterocycles. The zero-order valence-electron chi connectivity index (χ0n) is 17.1. The maximum Gasteiger partial charge on any atom is 0.315 e. The Kier molecular flexibility index (Phi) is 6.88. The molecule has 1 fully saturated rings. The van der Waals surface area contributed by atoms with Crippen LogP contribution in [-0.2, 0) is 6.42 Å². The smallest absolute Gasteiger partial charge is 0.315 e. The van der Waals surface area contributed by atoms with E-state index in [1.165, 1.54) is 0 Å². The van der Waals surface area contributed by atoms with Gasteiger partial charge in [0.05, 0.1) is 6.04 Å². The van der Waals surface area contributed by atoms with Gasteiger partial charge in [-0.05, 0) is 62.5 Å². The van der Waals surface area contributed by atoms with Crippen LogP contribution in [0.4, 0.5) is 4.79 Å². The molecule has 0 aromatic heterocycles. The van der Waals surface area contributed by atoms with Crippen molar-refractivity contribution >= 4 is 11.9 Å². The highest BCUT2D eigenvalue weighted by atomic mass is 16.2. The van der Waals surface area contributed by atoms with E-state index in [-0.39, 0.29) is 18.1 Å². The van der Waals surface area contributed by atoms with Crippen molar-refractivity contribution in [2.24, 2.45) is 11.7 Å². The molecular formula is C23H30N4O2. The molecule has 2 aromatic rings. The van der Waals surface area contributed by atoms with Gasteiger partial charge in [-0.2, -0.15) is 0 Å². The van der Waals surface area contributed by atoms with Crippen LogP contribution in [0.5, 0.6) is 0 Å². The summed E-state index contributed by atoms with van der Waals surface area (Å²) in [6.07, 6.45) is 3.07. The Morgan fingerprint density at radius 2 is 1.72 bits per heavy atom. The van der Waals surface area contributed by atoms with E-state index in [1.54, 1.807) is 12.1 Å². The van der Waals surface area contributed by atoms with Crippen LogP contribution >= 0.6 is 0 Å². The molecule has 6 heteroatoms. The summed E-state index contributed by atoms with van der Waals surface area (Å²) in [7, 11) is 4.00. The van der Waals surface area contributed by atoms with Crippen molar-refractivity contribution in [1.82, 2.24) is 15.5 Å². The molecule has 0 unspecified atom stereocenters. The third-order valence-electron chi connectivity index (χ3n) is 5.48. The summed E-state index contributed by atoms with van der Waals surface area (Å²) in [6, 6.07) is 17.5. The topological polar surface area (TPSA) is 87.5 Å². The van der Waals surface area contributed by atoms with Gasteiger partial charge in [-0.3, -0.25) is 4.79 Å². The SMILES string of the molecule is CN(C)[C@H](CNC(=O)N[C@H](c1ccccc1)C1CC1)Cc1ccc(C(N)=O)cc1. The average molecular weight is 395 g/mol. The molecule has 1 aliphatic carbocycles. The number of urea groups is 1. The van der Waals surface area contributed by atoms with Crippen molar-refractivity contribution in [3.8, 4) is 0 Å². The van der Waals surface area contributed by atoms with Crippen molar-refractivity contribution in [2.75, 3.05) is 20.6 Å². The molecule has 0 heterocycles. The number of nitrogens with zero attached hydrogens (tertiary/aromatic N) is 1. The summed E-state index contributed by atoms with van der Waals surface area (Å²) in [6.45, 7) is 0.530. The number of nitrogens with one attached hydrogen (secondary N) is 2. The predicted octanol–water partition coefficient (Wildman–Crippen LogP) is 2.71. The molecule has 154 valence electrons. The third kappa shape index (κ3) is 6.06. The van der Waals surface area contributed by atoms with Gasteiger partial charge in [0.1, 0.15) is 0 Å². The maximum absolute atomic E-state index is 12.6. The van der Waals surface area contributed by atoms with Gasteiger partial charge in [0.25, 0.3) is 0 Å². The van der Waals surface area contributed by atoms with Gasteiger partial charge in [-0.1, -0.05) is 42.5 Å². The van der Waals surface area contributed by atoms with Crippen molar-refractivity contribution in [3.05, 3.63) is 71.3 Å². The molecule has 6 nitrogen and oxygen atoms in total. The predicted molar refractivity (Wildman–Crippen MR) is 115 cm³/mol. The molecule has 1 aliphatic rings. The Bertz CT molecular complexity index is 817. The molecule has 0 aliphatic heterocycles. The fraction of sp³-hybridized carbons (Fsp3) is 0.391. The van der Waals surface area contributed by atoms with Crippen molar-refractivity contribution in [2.45, 2.75) is 31.3 Å². The van der Waals surface area contributed by atoms with Crippen LogP contribution in [0, 0.1) is 5.92 Å². The summed E-state index contributed by atoms with van der Waals surface area (Å²) in [4.78, 5) is 25.9. The summed E-state index contributed by atoms with van der Waals surface area (Å²) in [5.41, 5.74) is 8.05. The van der Waals surface area contributed by atoms with Crippen molar-refractivity contribution in [1.29, 1.82) is 0 Å². The van der Waals surface area contributed by atoms with Crippen LogP contribution in [0.25, 0.3) is 0 Å². The number of rotatable bonds is 9. The maximum atomic E-state index is 12.6. The lowest BCUT2D eigenvalue weighted by atomic mass is 10.0. The molecule has 29 heavy (non-hydrogen) atoms. The minimum atomic E-state index is -0.428. The van der Waals surface area contributed by atoms with Gasteiger partial charge in [0, 0.05) is 18.2 Å². The molecule has 0 radical (unpaired) electrons. The number of primary amides is 1. The second-order valence-corrected chi connectivity index (χ2v) is 7.96. The van der Waals surface area contributed by atoms with Crippen LogP contribution in [0.15, 0.2) is 54.6 Å². The standard InChI is InChI=1S/C23H30N4O2/c1-27(2)20(14-16-8-10-19(11-9-16)22(24)28)15-25-23(29)26-21(18-12-13-18)17-6-4-3-5-7-17/h3-11,18,20-21H,12-15H2,1-2H3,(H2,24,28)(H2,25,26,29)/t20-,21+/m0/s1. The normalized spacial score (nSPS) is 15.6. The molecule has 0 spiro atoms. The van der Waals surface area contributed by atoms with E-state index in [4.69, 9.17) is 5.73 Å². The number of amides is 3. The first kappa shape index (κ1) is 20.9. The monoisotopic (exact) mass is 394 g/mol. The Labute approximate surface area is 172 Å². The molecule has 3 amide bonds. The fourth-order valence-electron chi connectivity index (χ4n) is 3.48. The van der Waals surface area contributed by atoms with E-state index in [9.17, 15) is 9.59 Å². The Morgan fingerprint density at radius 1 is 1.07 bits per heavy atom. The summed E-state index contributed by atoms with van der Waals surface area (Å²) in [5.74, 6) is 0.0965. The Hall–Kier alpha value is -2.86. The van der Waals surface area contributed by atoms with E-state index in [0.29, 0.717) is 18.0 Å². The second kappa shape index (κ2) is 9.56. The van der Waals surface area contributed by atoms with Crippen LogP contribution in [-0.4, -0.2) is 43.5 Å². The number of carbonyl (C=O) groups excluding carboxylic acids is 2. The lowest BCUT2D eigenvalue weighted by molar-refractivity contribution is 0.1000. The minimum Gasteiger partial charge on any atom is -0.366 e. The van der Waals surface area contributed by atoms with Crippen molar-refractivity contribution < 1.29 is 9.59 Å². The number of likely N-dealkylation sites (N-methyl/N-ethyl adjacent to an activating group) is 1. The van der Waals surface area contributed by atoms with Gasteiger partial charge in [-0.25, -0.2) is 4.79 Å². The molecule has 2 aromatic carbocycles. The average Bonchev–Trinajstić information content (AvgIpc) is 3.55. The van der Waals surface area contributed by atoms with Crippen LogP contribution < -0.4 is 16.4 Å². The van der Waals surface area contributed by atoms with E-state index >= 15 is 0 Å². The number of nitrogens with two attached hydrogens (primary N) is 1. The van der Waals surface area contributed by atoms with E-state index < -0.39 is 5.91 Å². The van der Waals surface area contributed by atoms with Gasteiger partial charge in [0.15, 0.2) is 0 Å². The highest BCUT2D eigenvalue weighted by Crippen LogP contribution is 2.40.